The van der Waals surface area contributed by atoms with Gasteiger partial charge in [0.15, 0.2) is 0 Å². The summed E-state index contributed by atoms with van der Waals surface area (Å²) >= 11 is 0. The Morgan fingerprint density at radius 3 is 2.55 bits per heavy atom. The van der Waals surface area contributed by atoms with Gasteiger partial charge >= 0.3 is 6.03 Å². The maximum atomic E-state index is 12.9. The summed E-state index contributed by atoms with van der Waals surface area (Å²) < 4.78 is 12.9. The van der Waals surface area contributed by atoms with E-state index in [0.29, 0.717) is 18.8 Å². The monoisotopic (exact) mass is 279 g/mol. The number of halogens is 1. The van der Waals surface area contributed by atoms with Crippen molar-refractivity contribution in [2.24, 2.45) is 0 Å². The zero-order chi connectivity index (χ0) is 14.7. The molecule has 6 heteroatoms. The molecule has 2 rings (SSSR count). The third-order valence-electron chi connectivity index (χ3n) is 3.02. The second kappa shape index (κ2) is 5.90. The molecule has 1 aliphatic heterocycles. The number of nitrogens with zero attached hydrogens (tertiary/aromatic N) is 2. The first-order valence-corrected chi connectivity index (χ1v) is 6.59. The van der Waals surface area contributed by atoms with Gasteiger partial charge in [0.05, 0.1) is 0 Å². The molecule has 5 nitrogen and oxygen atoms in total. The molecule has 0 aliphatic carbocycles. The predicted octanol–water partition coefficient (Wildman–Crippen LogP) is 1.59. The number of carbonyl (C=O) groups excluding carboxylic acids is 2. The van der Waals surface area contributed by atoms with Crippen LogP contribution >= 0.6 is 0 Å². The fourth-order valence-corrected chi connectivity index (χ4v) is 2.13. The summed E-state index contributed by atoms with van der Waals surface area (Å²) in [6, 6.07) is 5.58. The van der Waals surface area contributed by atoms with Gasteiger partial charge in [-0.25, -0.2) is 9.18 Å². The smallest absolute Gasteiger partial charge is 0.325 e. The van der Waals surface area contributed by atoms with Crippen LogP contribution in [0.5, 0.6) is 0 Å². The van der Waals surface area contributed by atoms with E-state index in [-0.39, 0.29) is 30.3 Å². The van der Waals surface area contributed by atoms with E-state index in [1.54, 1.807) is 17.0 Å². The number of hydrogen-bond acceptors (Lipinski definition) is 2. The first kappa shape index (κ1) is 14.3. The van der Waals surface area contributed by atoms with Crippen LogP contribution in [0.3, 0.4) is 0 Å². The number of rotatable bonds is 4. The highest BCUT2D eigenvalue weighted by Gasteiger charge is 2.30. The quantitative estimate of drug-likeness (QED) is 0.910. The molecule has 1 aliphatic rings. The lowest BCUT2D eigenvalue weighted by Gasteiger charge is -2.19. The molecule has 0 bridgehead atoms. The van der Waals surface area contributed by atoms with Gasteiger partial charge in [-0.2, -0.15) is 0 Å². The average Bonchev–Trinajstić information content (AvgIpc) is 2.71. The molecule has 0 saturated carbocycles. The Balaban J connectivity index is 1.99. The van der Waals surface area contributed by atoms with E-state index >= 15 is 0 Å². The summed E-state index contributed by atoms with van der Waals surface area (Å²) in [5.41, 5.74) is 0.642. The molecule has 1 saturated heterocycles. The number of nitrogens with one attached hydrogen (secondary N) is 1. The lowest BCUT2D eigenvalue weighted by molar-refractivity contribution is -0.122. The Hall–Kier alpha value is -2.11. The Labute approximate surface area is 117 Å². The second-order valence-corrected chi connectivity index (χ2v) is 5.05. The van der Waals surface area contributed by atoms with Crippen molar-refractivity contribution in [3.05, 3.63) is 30.1 Å². The Bertz CT molecular complexity index is 502. The molecule has 1 aromatic rings. The minimum absolute atomic E-state index is 0.0495. The molecular formula is C14H18FN3O2. The van der Waals surface area contributed by atoms with Crippen molar-refractivity contribution in [1.29, 1.82) is 0 Å². The molecule has 108 valence electrons. The third kappa shape index (κ3) is 3.26. The van der Waals surface area contributed by atoms with Crippen LogP contribution in [0.2, 0.25) is 0 Å². The van der Waals surface area contributed by atoms with Gasteiger partial charge in [-0.1, -0.05) is 0 Å². The number of benzene rings is 1. The van der Waals surface area contributed by atoms with Gasteiger partial charge in [-0.05, 0) is 38.1 Å². The van der Waals surface area contributed by atoms with E-state index in [9.17, 15) is 14.0 Å². The Kier molecular flexibility index (Phi) is 4.22. The molecule has 1 heterocycles. The highest BCUT2D eigenvalue weighted by Crippen LogP contribution is 2.20. The van der Waals surface area contributed by atoms with Crippen molar-refractivity contribution in [3.8, 4) is 0 Å². The lowest BCUT2D eigenvalue weighted by Crippen LogP contribution is -2.42. The Morgan fingerprint density at radius 2 is 1.95 bits per heavy atom. The van der Waals surface area contributed by atoms with Crippen LogP contribution in [0.25, 0.3) is 0 Å². The van der Waals surface area contributed by atoms with Crippen molar-refractivity contribution in [1.82, 2.24) is 10.2 Å². The first-order valence-electron chi connectivity index (χ1n) is 6.59. The van der Waals surface area contributed by atoms with Crippen molar-refractivity contribution < 1.29 is 14.0 Å². The minimum Gasteiger partial charge on any atom is -0.352 e. The van der Waals surface area contributed by atoms with E-state index < -0.39 is 0 Å². The summed E-state index contributed by atoms with van der Waals surface area (Å²) in [4.78, 5) is 26.9. The summed E-state index contributed by atoms with van der Waals surface area (Å²) in [7, 11) is 0. The van der Waals surface area contributed by atoms with E-state index in [0.717, 1.165) is 0 Å². The topological polar surface area (TPSA) is 52.7 Å². The zero-order valence-corrected chi connectivity index (χ0v) is 11.6. The number of carbonyl (C=O) groups is 2. The van der Waals surface area contributed by atoms with Gasteiger partial charge in [0.25, 0.3) is 0 Å². The van der Waals surface area contributed by atoms with Crippen molar-refractivity contribution in [3.63, 3.8) is 0 Å². The van der Waals surface area contributed by atoms with Gasteiger partial charge in [0.2, 0.25) is 5.91 Å². The molecular weight excluding hydrogens is 261 g/mol. The van der Waals surface area contributed by atoms with Crippen molar-refractivity contribution in [2.75, 3.05) is 24.5 Å². The average molecular weight is 279 g/mol. The highest BCUT2D eigenvalue weighted by atomic mass is 19.1. The summed E-state index contributed by atoms with van der Waals surface area (Å²) in [5, 5.41) is 2.75. The van der Waals surface area contributed by atoms with Gasteiger partial charge in [-0.15, -0.1) is 0 Å². The fourth-order valence-electron chi connectivity index (χ4n) is 2.13. The van der Waals surface area contributed by atoms with E-state index in [1.807, 2.05) is 13.8 Å². The van der Waals surface area contributed by atoms with Crippen LogP contribution in [0.4, 0.5) is 14.9 Å². The second-order valence-electron chi connectivity index (χ2n) is 5.05. The highest BCUT2D eigenvalue weighted by molar-refractivity contribution is 5.96. The van der Waals surface area contributed by atoms with Crippen LogP contribution in [-0.4, -0.2) is 42.5 Å². The minimum atomic E-state index is -0.339. The normalized spacial score (nSPS) is 15.1. The number of amides is 3. The number of urea groups is 1. The lowest BCUT2D eigenvalue weighted by atomic mass is 10.3. The van der Waals surface area contributed by atoms with Crippen molar-refractivity contribution >= 4 is 17.6 Å². The maximum absolute atomic E-state index is 12.9. The summed E-state index contributed by atoms with van der Waals surface area (Å²) in [6.07, 6.45) is 0. The molecule has 3 amide bonds. The van der Waals surface area contributed by atoms with Gasteiger partial charge in [-0.3, -0.25) is 9.69 Å². The molecule has 20 heavy (non-hydrogen) atoms. The van der Waals surface area contributed by atoms with E-state index in [1.165, 1.54) is 17.0 Å². The summed E-state index contributed by atoms with van der Waals surface area (Å²) in [5.74, 6) is -0.511. The molecule has 0 radical (unpaired) electrons. The van der Waals surface area contributed by atoms with Crippen LogP contribution in [-0.2, 0) is 4.79 Å². The fraction of sp³-hybridized carbons (Fsp3) is 0.429. The largest absolute Gasteiger partial charge is 0.352 e. The molecule has 1 aromatic carbocycles. The van der Waals surface area contributed by atoms with Gasteiger partial charge < -0.3 is 10.2 Å². The molecule has 0 spiro atoms. The van der Waals surface area contributed by atoms with Crippen molar-refractivity contribution in [2.45, 2.75) is 19.9 Å². The standard InChI is InChI=1S/C14H18FN3O2/c1-10(2)16-13(19)9-17-7-8-18(14(17)20)12-5-3-11(15)4-6-12/h3-6,10H,7-9H2,1-2H3,(H,16,19). The Morgan fingerprint density at radius 1 is 1.30 bits per heavy atom. The molecule has 0 unspecified atom stereocenters. The van der Waals surface area contributed by atoms with E-state index in [2.05, 4.69) is 5.32 Å². The molecule has 0 aromatic heterocycles. The van der Waals surface area contributed by atoms with Gasteiger partial charge in [0.1, 0.15) is 12.4 Å². The maximum Gasteiger partial charge on any atom is 0.325 e. The molecule has 1 fully saturated rings. The number of hydrogen-bond donors (Lipinski definition) is 1. The zero-order valence-electron chi connectivity index (χ0n) is 11.6. The SMILES string of the molecule is CC(C)NC(=O)CN1CCN(c2ccc(F)cc2)C1=O. The predicted molar refractivity (Wildman–Crippen MR) is 74.0 cm³/mol. The van der Waals surface area contributed by atoms with Crippen LogP contribution < -0.4 is 10.2 Å². The van der Waals surface area contributed by atoms with Crippen LogP contribution in [0.15, 0.2) is 24.3 Å². The van der Waals surface area contributed by atoms with Crippen LogP contribution in [0.1, 0.15) is 13.8 Å². The number of anilines is 1. The van der Waals surface area contributed by atoms with Crippen LogP contribution in [0, 0.1) is 5.82 Å². The van der Waals surface area contributed by atoms with E-state index in [4.69, 9.17) is 0 Å². The first-order chi connectivity index (χ1) is 9.47. The molecule has 1 N–H and O–H groups in total. The summed E-state index contributed by atoms with van der Waals surface area (Å²) in [6.45, 7) is 4.78. The van der Waals surface area contributed by atoms with Gasteiger partial charge in [0, 0.05) is 24.8 Å². The molecule has 0 atom stereocenters. The third-order valence-corrected chi connectivity index (χ3v) is 3.02.